The summed E-state index contributed by atoms with van der Waals surface area (Å²) in [4.78, 5) is 9.47. The van der Waals surface area contributed by atoms with E-state index < -0.39 is 0 Å². The van der Waals surface area contributed by atoms with E-state index in [1.54, 1.807) is 11.3 Å². The fourth-order valence-corrected chi connectivity index (χ4v) is 4.59. The number of pyridine rings is 1. The Morgan fingerprint density at radius 2 is 1.85 bits per heavy atom. The molecular weight excluding hydrogens is 352 g/mol. The first kappa shape index (κ1) is 16.5. The van der Waals surface area contributed by atoms with Crippen molar-refractivity contribution >= 4 is 43.5 Å². The van der Waals surface area contributed by atoms with Crippen molar-refractivity contribution in [3.05, 3.63) is 59.2 Å². The summed E-state index contributed by atoms with van der Waals surface area (Å²) in [6, 6.07) is 14.5. The summed E-state index contributed by atoms with van der Waals surface area (Å²) in [7, 11) is 0. The molecule has 3 heterocycles. The Morgan fingerprint density at radius 3 is 2.59 bits per heavy atom. The first-order valence-corrected chi connectivity index (χ1v) is 9.92. The number of fused-ring (bicyclic) bond motifs is 5. The van der Waals surface area contributed by atoms with E-state index in [2.05, 4.69) is 62.2 Å². The summed E-state index contributed by atoms with van der Waals surface area (Å²) in [5, 5.41) is 3.43. The Hall–Kier alpha value is -2.72. The second kappa shape index (κ2) is 5.64. The topological polar surface area (TPSA) is 38.9 Å². The number of aryl methyl sites for hydroxylation is 1. The van der Waals surface area contributed by atoms with E-state index in [0.29, 0.717) is 0 Å². The Balaban J connectivity index is 1.85. The minimum atomic E-state index is 0.0343. The highest BCUT2D eigenvalue weighted by molar-refractivity contribution is 7.19. The van der Waals surface area contributed by atoms with Gasteiger partial charge in [0.2, 0.25) is 0 Å². The molecule has 0 aliphatic rings. The third-order valence-electron chi connectivity index (χ3n) is 4.84. The van der Waals surface area contributed by atoms with E-state index >= 15 is 0 Å². The quantitative estimate of drug-likeness (QED) is 0.322. The van der Waals surface area contributed by atoms with Crippen LogP contribution in [0.4, 0.5) is 0 Å². The van der Waals surface area contributed by atoms with Gasteiger partial charge in [-0.05, 0) is 36.8 Å². The van der Waals surface area contributed by atoms with Gasteiger partial charge in [-0.1, -0.05) is 39.0 Å². The van der Waals surface area contributed by atoms with Crippen LogP contribution in [0.3, 0.4) is 0 Å². The second-order valence-corrected chi connectivity index (χ2v) is 9.06. The second-order valence-electron chi connectivity index (χ2n) is 8.06. The lowest BCUT2D eigenvalue weighted by atomic mass is 9.98. The molecule has 0 spiro atoms. The molecule has 3 aromatic heterocycles. The lowest BCUT2D eigenvalue weighted by molar-refractivity contribution is 0.587. The maximum absolute atomic E-state index is 6.31. The number of nitrogens with zero attached hydrogens (tertiary/aromatic N) is 2. The first-order valence-electron chi connectivity index (χ1n) is 9.10. The number of aromatic nitrogens is 2. The van der Waals surface area contributed by atoms with Crippen molar-refractivity contribution in [2.24, 2.45) is 0 Å². The molecule has 0 saturated carbocycles. The van der Waals surface area contributed by atoms with Crippen LogP contribution in [-0.4, -0.2) is 9.97 Å². The van der Waals surface area contributed by atoms with Gasteiger partial charge in [-0.3, -0.25) is 4.98 Å². The zero-order chi connectivity index (χ0) is 18.8. The van der Waals surface area contributed by atoms with E-state index in [-0.39, 0.29) is 5.41 Å². The van der Waals surface area contributed by atoms with Crippen LogP contribution in [0.5, 0.6) is 0 Å². The molecule has 0 aliphatic carbocycles. The van der Waals surface area contributed by atoms with Gasteiger partial charge in [-0.2, -0.15) is 0 Å². The molecule has 5 rings (SSSR count). The molecule has 5 aromatic rings. The third kappa shape index (κ3) is 2.55. The summed E-state index contributed by atoms with van der Waals surface area (Å²) >= 11 is 1.77. The van der Waals surface area contributed by atoms with Crippen molar-refractivity contribution < 1.29 is 4.42 Å². The molecule has 0 aliphatic heterocycles. The number of hydrogen-bond acceptors (Lipinski definition) is 4. The normalized spacial score (nSPS) is 12.4. The van der Waals surface area contributed by atoms with Crippen LogP contribution in [0.25, 0.3) is 43.4 Å². The average molecular weight is 372 g/mol. The van der Waals surface area contributed by atoms with Crippen molar-refractivity contribution in [3.8, 4) is 11.3 Å². The first-order chi connectivity index (χ1) is 12.9. The Bertz CT molecular complexity index is 1300. The van der Waals surface area contributed by atoms with Gasteiger partial charge >= 0.3 is 0 Å². The van der Waals surface area contributed by atoms with Gasteiger partial charge in [0, 0.05) is 27.9 Å². The van der Waals surface area contributed by atoms with E-state index in [4.69, 9.17) is 9.40 Å². The molecular formula is C23H20N2OS. The van der Waals surface area contributed by atoms with Crippen LogP contribution in [0.15, 0.2) is 53.1 Å². The van der Waals surface area contributed by atoms with E-state index in [9.17, 15) is 0 Å². The van der Waals surface area contributed by atoms with Crippen molar-refractivity contribution in [1.82, 2.24) is 9.97 Å². The Labute approximate surface area is 161 Å². The largest absolute Gasteiger partial charge is 0.455 e. The zero-order valence-corrected chi connectivity index (χ0v) is 16.6. The van der Waals surface area contributed by atoms with Gasteiger partial charge in [0.1, 0.15) is 11.2 Å². The van der Waals surface area contributed by atoms with Gasteiger partial charge in [-0.15, -0.1) is 11.3 Å². The van der Waals surface area contributed by atoms with Crippen LogP contribution in [0, 0.1) is 6.92 Å². The van der Waals surface area contributed by atoms with E-state index in [1.807, 2.05) is 19.2 Å². The molecule has 0 N–H and O–H groups in total. The van der Waals surface area contributed by atoms with Crippen LogP contribution in [0.1, 0.15) is 31.3 Å². The van der Waals surface area contributed by atoms with Gasteiger partial charge < -0.3 is 4.42 Å². The summed E-state index contributed by atoms with van der Waals surface area (Å²) in [6.45, 7) is 8.66. The van der Waals surface area contributed by atoms with Crippen LogP contribution in [0.2, 0.25) is 0 Å². The van der Waals surface area contributed by atoms with E-state index in [1.165, 1.54) is 4.70 Å². The third-order valence-corrected chi connectivity index (χ3v) is 6.36. The molecule has 0 bridgehead atoms. The number of para-hydroxylation sites is 1. The van der Waals surface area contributed by atoms with Gasteiger partial charge in [0.25, 0.3) is 0 Å². The molecule has 134 valence electrons. The zero-order valence-electron chi connectivity index (χ0n) is 15.8. The Morgan fingerprint density at radius 1 is 1.00 bits per heavy atom. The number of thiazole rings is 1. The molecule has 0 amide bonds. The highest BCUT2D eigenvalue weighted by Gasteiger charge is 2.22. The van der Waals surface area contributed by atoms with Crippen molar-refractivity contribution in [1.29, 1.82) is 0 Å². The predicted octanol–water partition coefficient (Wildman–Crippen LogP) is 6.86. The molecule has 4 heteroatoms. The number of rotatable bonds is 1. The van der Waals surface area contributed by atoms with Crippen molar-refractivity contribution in [2.45, 2.75) is 33.1 Å². The lowest BCUT2D eigenvalue weighted by Gasteiger charge is -2.13. The molecule has 0 saturated heterocycles. The molecule has 3 nitrogen and oxygen atoms in total. The maximum atomic E-state index is 6.31. The van der Waals surface area contributed by atoms with Gasteiger partial charge in [0.15, 0.2) is 0 Å². The summed E-state index contributed by atoms with van der Waals surface area (Å²) in [6.07, 6.45) is 1.90. The fourth-order valence-electron chi connectivity index (χ4n) is 3.42. The molecule has 2 aromatic carbocycles. The molecule has 0 unspecified atom stereocenters. The average Bonchev–Trinajstić information content (AvgIpc) is 3.22. The molecule has 0 radical (unpaired) electrons. The smallest absolute Gasteiger partial charge is 0.144 e. The summed E-state index contributed by atoms with van der Waals surface area (Å²) in [5.41, 5.74) is 5.98. The van der Waals surface area contributed by atoms with Gasteiger partial charge in [-0.25, -0.2) is 4.98 Å². The minimum absolute atomic E-state index is 0.0343. The standard InChI is InChI=1S/C23H20N2OS/c1-13-8-9-16(24-12-13)14-6-5-7-15-19-18(26-20(14)15)11-10-17-21(19)27-22(25-17)23(2,3)4/h5-12H,1-4H3. The molecule has 0 atom stereocenters. The Kier molecular flexibility index (Phi) is 3.43. The van der Waals surface area contributed by atoms with Gasteiger partial charge in [0.05, 0.1) is 20.9 Å². The minimum Gasteiger partial charge on any atom is -0.455 e. The van der Waals surface area contributed by atoms with Crippen molar-refractivity contribution in [2.75, 3.05) is 0 Å². The summed E-state index contributed by atoms with van der Waals surface area (Å²) in [5.74, 6) is 0. The highest BCUT2D eigenvalue weighted by Crippen LogP contribution is 2.42. The number of hydrogen-bond donors (Lipinski definition) is 0. The van der Waals surface area contributed by atoms with E-state index in [0.717, 1.165) is 49.3 Å². The van der Waals surface area contributed by atoms with Crippen LogP contribution < -0.4 is 0 Å². The van der Waals surface area contributed by atoms with Crippen LogP contribution in [-0.2, 0) is 5.41 Å². The molecule has 0 fully saturated rings. The SMILES string of the molecule is Cc1ccc(-c2cccc3c2oc2ccc4nc(C(C)(C)C)sc4c23)nc1. The highest BCUT2D eigenvalue weighted by atomic mass is 32.1. The van der Waals surface area contributed by atoms with Crippen LogP contribution >= 0.6 is 11.3 Å². The number of benzene rings is 2. The fraction of sp³-hybridized carbons (Fsp3) is 0.217. The lowest BCUT2D eigenvalue weighted by Crippen LogP contribution is -2.09. The monoisotopic (exact) mass is 372 g/mol. The summed E-state index contributed by atoms with van der Waals surface area (Å²) < 4.78 is 7.51. The predicted molar refractivity (Wildman–Crippen MR) is 114 cm³/mol. The number of furan rings is 1. The van der Waals surface area contributed by atoms with Crippen molar-refractivity contribution in [3.63, 3.8) is 0 Å². The maximum Gasteiger partial charge on any atom is 0.144 e. The molecule has 27 heavy (non-hydrogen) atoms.